The van der Waals surface area contributed by atoms with E-state index in [4.69, 9.17) is 15.6 Å². The normalized spacial score (nSPS) is 11.5. The molecule has 3 rings (SSSR count). The molecule has 0 radical (unpaired) electrons. The van der Waals surface area contributed by atoms with Crippen molar-refractivity contribution in [2.75, 3.05) is 12.3 Å². The molecule has 0 aliphatic heterocycles. The predicted molar refractivity (Wildman–Crippen MR) is 117 cm³/mol. The summed E-state index contributed by atoms with van der Waals surface area (Å²) in [6, 6.07) is 12.4. The first-order valence-corrected chi connectivity index (χ1v) is 9.74. The standard InChI is InChI=1S/C23H20FN3O6/c1-13(23(31)32)26-19(28)12-33-17-8-6-16(7-9-17)27-20(29)11-10-18(22(27)25)21(30)14-2-4-15(24)5-3-14/h2-11,13H,12,25H2,1H3,(H,26,28)(H,31,32). The van der Waals surface area contributed by atoms with E-state index in [-0.39, 0.29) is 16.9 Å². The number of hydrogen-bond acceptors (Lipinski definition) is 6. The number of ketones is 1. The molecule has 0 bridgehead atoms. The summed E-state index contributed by atoms with van der Waals surface area (Å²) in [5.41, 5.74) is 6.29. The molecule has 1 heterocycles. The Kier molecular flexibility index (Phi) is 6.87. The molecule has 1 atom stereocenters. The van der Waals surface area contributed by atoms with Crippen LogP contribution < -0.4 is 21.3 Å². The number of ether oxygens (including phenoxy) is 1. The molecule has 0 saturated carbocycles. The maximum absolute atomic E-state index is 13.2. The molecule has 0 saturated heterocycles. The summed E-state index contributed by atoms with van der Waals surface area (Å²) in [6.45, 7) is 0.923. The van der Waals surface area contributed by atoms with Gasteiger partial charge in [-0.3, -0.25) is 23.7 Å². The highest BCUT2D eigenvalue weighted by Gasteiger charge is 2.17. The van der Waals surface area contributed by atoms with E-state index in [1.54, 1.807) is 0 Å². The number of halogens is 1. The molecule has 1 unspecified atom stereocenters. The molecule has 3 aromatic rings. The van der Waals surface area contributed by atoms with Gasteiger partial charge in [-0.2, -0.15) is 0 Å². The highest BCUT2D eigenvalue weighted by molar-refractivity contribution is 6.11. The van der Waals surface area contributed by atoms with Gasteiger partial charge in [-0.15, -0.1) is 0 Å². The second-order valence-corrected chi connectivity index (χ2v) is 7.05. The number of nitrogen functional groups attached to an aromatic ring is 1. The molecule has 0 spiro atoms. The van der Waals surface area contributed by atoms with Gasteiger partial charge in [-0.05, 0) is 61.5 Å². The first-order chi connectivity index (χ1) is 15.7. The fourth-order valence-corrected chi connectivity index (χ4v) is 2.95. The summed E-state index contributed by atoms with van der Waals surface area (Å²) in [7, 11) is 0. The van der Waals surface area contributed by atoms with Crippen LogP contribution in [0.25, 0.3) is 5.69 Å². The minimum Gasteiger partial charge on any atom is -0.484 e. The van der Waals surface area contributed by atoms with Crippen molar-refractivity contribution in [1.29, 1.82) is 0 Å². The number of benzene rings is 2. The average Bonchev–Trinajstić information content (AvgIpc) is 2.78. The molecule has 0 aliphatic rings. The zero-order chi connectivity index (χ0) is 24.1. The van der Waals surface area contributed by atoms with Crippen molar-refractivity contribution in [2.24, 2.45) is 0 Å². The first kappa shape index (κ1) is 23.2. The second kappa shape index (κ2) is 9.77. The van der Waals surface area contributed by atoms with Gasteiger partial charge in [0.05, 0.1) is 11.3 Å². The number of nitrogens with two attached hydrogens (primary N) is 1. The molecular formula is C23H20FN3O6. The molecule has 170 valence electrons. The maximum Gasteiger partial charge on any atom is 0.325 e. The number of carboxylic acids is 1. The van der Waals surface area contributed by atoms with Crippen LogP contribution in [0.4, 0.5) is 10.2 Å². The molecule has 33 heavy (non-hydrogen) atoms. The van der Waals surface area contributed by atoms with Crippen LogP contribution in [-0.4, -0.2) is 40.0 Å². The van der Waals surface area contributed by atoms with Gasteiger partial charge in [0.15, 0.2) is 12.4 Å². The summed E-state index contributed by atoms with van der Waals surface area (Å²) in [5, 5.41) is 11.1. The van der Waals surface area contributed by atoms with Gasteiger partial charge >= 0.3 is 5.97 Å². The lowest BCUT2D eigenvalue weighted by molar-refractivity contribution is -0.141. The third kappa shape index (κ3) is 5.42. The Bertz CT molecular complexity index is 1250. The van der Waals surface area contributed by atoms with Crippen LogP contribution in [0.15, 0.2) is 65.5 Å². The number of aliphatic carboxylic acids is 1. The predicted octanol–water partition coefficient (Wildman–Crippen LogP) is 1.76. The molecule has 0 fully saturated rings. The van der Waals surface area contributed by atoms with E-state index in [0.717, 1.165) is 16.7 Å². The van der Waals surface area contributed by atoms with E-state index < -0.39 is 41.7 Å². The Morgan fingerprint density at radius 2 is 1.70 bits per heavy atom. The SMILES string of the molecule is CC(NC(=O)COc1ccc(-n2c(N)c(C(=O)c3ccc(F)cc3)ccc2=O)cc1)C(=O)O. The lowest BCUT2D eigenvalue weighted by Gasteiger charge is -2.14. The molecule has 10 heteroatoms. The monoisotopic (exact) mass is 453 g/mol. The number of hydrogen-bond donors (Lipinski definition) is 3. The highest BCUT2D eigenvalue weighted by atomic mass is 19.1. The van der Waals surface area contributed by atoms with E-state index in [0.29, 0.717) is 11.4 Å². The summed E-state index contributed by atoms with van der Waals surface area (Å²) >= 11 is 0. The second-order valence-electron chi connectivity index (χ2n) is 7.05. The van der Waals surface area contributed by atoms with Gasteiger partial charge in [-0.25, -0.2) is 4.39 Å². The summed E-state index contributed by atoms with van der Waals surface area (Å²) in [6.07, 6.45) is 0. The number of anilines is 1. The number of aromatic nitrogens is 1. The fraction of sp³-hybridized carbons (Fsp3) is 0.130. The van der Waals surface area contributed by atoms with Crippen LogP contribution in [0.2, 0.25) is 0 Å². The Labute approximate surface area is 187 Å². The van der Waals surface area contributed by atoms with Crippen LogP contribution in [0.3, 0.4) is 0 Å². The van der Waals surface area contributed by atoms with Crippen molar-refractivity contribution in [1.82, 2.24) is 9.88 Å². The van der Waals surface area contributed by atoms with Crippen LogP contribution >= 0.6 is 0 Å². The van der Waals surface area contributed by atoms with Gasteiger partial charge in [0.2, 0.25) is 0 Å². The number of carbonyl (C=O) groups excluding carboxylic acids is 2. The van der Waals surface area contributed by atoms with E-state index >= 15 is 0 Å². The zero-order valence-electron chi connectivity index (χ0n) is 17.4. The number of nitrogens with one attached hydrogen (secondary N) is 1. The summed E-state index contributed by atoms with van der Waals surface area (Å²) in [5.74, 6) is -2.53. The molecule has 1 amide bonds. The molecule has 1 aromatic heterocycles. The number of carboxylic acid groups (broad SMARTS) is 1. The van der Waals surface area contributed by atoms with Crippen molar-refractivity contribution in [3.05, 3.63) is 88.0 Å². The van der Waals surface area contributed by atoms with Crippen molar-refractivity contribution < 1.29 is 28.6 Å². The topological polar surface area (TPSA) is 141 Å². The smallest absolute Gasteiger partial charge is 0.325 e. The van der Waals surface area contributed by atoms with Gasteiger partial charge in [0.25, 0.3) is 11.5 Å². The van der Waals surface area contributed by atoms with Crippen LogP contribution in [-0.2, 0) is 9.59 Å². The Morgan fingerprint density at radius 3 is 2.30 bits per heavy atom. The minimum absolute atomic E-state index is 0.0748. The van der Waals surface area contributed by atoms with Gasteiger partial charge < -0.3 is 20.9 Å². The van der Waals surface area contributed by atoms with Gasteiger partial charge in [0, 0.05) is 11.6 Å². The fourth-order valence-electron chi connectivity index (χ4n) is 2.95. The van der Waals surface area contributed by atoms with Gasteiger partial charge in [0.1, 0.15) is 23.4 Å². The van der Waals surface area contributed by atoms with Crippen molar-refractivity contribution >= 4 is 23.5 Å². The molecule has 0 aliphatic carbocycles. The lowest BCUT2D eigenvalue weighted by Crippen LogP contribution is -2.40. The molecule has 2 aromatic carbocycles. The largest absolute Gasteiger partial charge is 0.484 e. The Morgan fingerprint density at radius 1 is 1.06 bits per heavy atom. The Balaban J connectivity index is 1.79. The van der Waals surface area contributed by atoms with Gasteiger partial charge in [-0.1, -0.05) is 0 Å². The highest BCUT2D eigenvalue weighted by Crippen LogP contribution is 2.21. The van der Waals surface area contributed by atoms with Crippen molar-refractivity contribution in [3.63, 3.8) is 0 Å². The summed E-state index contributed by atoms with van der Waals surface area (Å²) in [4.78, 5) is 47.7. The minimum atomic E-state index is -1.17. The molecule has 4 N–H and O–H groups in total. The molecular weight excluding hydrogens is 433 g/mol. The number of amides is 1. The van der Waals surface area contributed by atoms with E-state index in [9.17, 15) is 23.6 Å². The Hall–Kier alpha value is -4.47. The molecule has 9 nitrogen and oxygen atoms in total. The third-order valence-corrected chi connectivity index (χ3v) is 4.69. The first-order valence-electron chi connectivity index (χ1n) is 9.74. The van der Waals surface area contributed by atoms with E-state index in [2.05, 4.69) is 5.32 Å². The van der Waals surface area contributed by atoms with Crippen molar-refractivity contribution in [2.45, 2.75) is 13.0 Å². The van der Waals surface area contributed by atoms with Crippen LogP contribution in [0.1, 0.15) is 22.8 Å². The number of rotatable bonds is 8. The number of carbonyl (C=O) groups is 3. The number of pyridine rings is 1. The lowest BCUT2D eigenvalue weighted by atomic mass is 10.0. The average molecular weight is 453 g/mol. The van der Waals surface area contributed by atoms with Crippen LogP contribution in [0.5, 0.6) is 5.75 Å². The van der Waals surface area contributed by atoms with Crippen LogP contribution in [0, 0.1) is 5.82 Å². The zero-order valence-corrected chi connectivity index (χ0v) is 17.4. The summed E-state index contributed by atoms with van der Waals surface area (Å²) < 4.78 is 19.6. The number of nitrogens with zero attached hydrogens (tertiary/aromatic N) is 1. The maximum atomic E-state index is 13.2. The third-order valence-electron chi connectivity index (χ3n) is 4.69. The van der Waals surface area contributed by atoms with E-state index in [1.165, 1.54) is 55.5 Å². The quantitative estimate of drug-likeness (QED) is 0.441. The van der Waals surface area contributed by atoms with Crippen molar-refractivity contribution in [3.8, 4) is 11.4 Å². The van der Waals surface area contributed by atoms with E-state index in [1.807, 2.05) is 0 Å².